The maximum Gasteiger partial charge on any atom is 0.407 e. The van der Waals surface area contributed by atoms with E-state index in [1.807, 2.05) is 32.9 Å². The van der Waals surface area contributed by atoms with E-state index in [2.05, 4.69) is 45.6 Å². The second-order valence-corrected chi connectivity index (χ2v) is 6.58. The molecule has 1 aromatic carbocycles. The van der Waals surface area contributed by atoms with Crippen molar-refractivity contribution < 1.29 is 9.53 Å². The van der Waals surface area contributed by atoms with Crippen LogP contribution in [-0.4, -0.2) is 24.8 Å². The van der Waals surface area contributed by atoms with E-state index in [0.29, 0.717) is 13.1 Å². The van der Waals surface area contributed by atoms with Crippen LogP contribution < -0.4 is 10.6 Å². The lowest BCUT2D eigenvalue weighted by atomic mass is 10.1. The molecule has 1 aromatic rings. The number of amides is 1. The smallest absolute Gasteiger partial charge is 0.407 e. The molecular formula is C15H23BrN2O2. The van der Waals surface area contributed by atoms with Crippen molar-refractivity contribution in [3.63, 3.8) is 0 Å². The number of hydrogen-bond donors (Lipinski definition) is 2. The van der Waals surface area contributed by atoms with Crippen molar-refractivity contribution in [2.24, 2.45) is 0 Å². The minimum atomic E-state index is -0.457. The molecule has 1 rings (SSSR count). The number of hydrogen-bond acceptors (Lipinski definition) is 3. The van der Waals surface area contributed by atoms with Crippen LogP contribution in [0.4, 0.5) is 4.79 Å². The van der Waals surface area contributed by atoms with Gasteiger partial charge in [-0.15, -0.1) is 0 Å². The fourth-order valence-electron chi connectivity index (χ4n) is 1.66. The summed E-state index contributed by atoms with van der Waals surface area (Å²) in [6.45, 7) is 8.86. The van der Waals surface area contributed by atoms with Gasteiger partial charge in [0.25, 0.3) is 0 Å². The summed E-state index contributed by atoms with van der Waals surface area (Å²) in [6.07, 6.45) is -0.380. The van der Waals surface area contributed by atoms with Crippen molar-refractivity contribution in [2.75, 3.05) is 13.1 Å². The van der Waals surface area contributed by atoms with Gasteiger partial charge in [0.15, 0.2) is 0 Å². The van der Waals surface area contributed by atoms with Crippen LogP contribution in [0.5, 0.6) is 0 Å². The van der Waals surface area contributed by atoms with Gasteiger partial charge in [-0.05, 0) is 45.4 Å². The molecule has 0 spiro atoms. The van der Waals surface area contributed by atoms with Crippen LogP contribution in [-0.2, 0) is 4.74 Å². The average molecular weight is 343 g/mol. The number of nitrogens with one attached hydrogen (secondary N) is 2. The minimum Gasteiger partial charge on any atom is -0.444 e. The first kappa shape index (κ1) is 17.0. The SMILES string of the molecule is C[C@@H](NCCNC(=O)OC(C)(C)C)c1cccc(Br)c1. The standard InChI is InChI=1S/C15H23BrN2O2/c1-11(12-6-5-7-13(16)10-12)17-8-9-18-14(19)20-15(2,3)4/h5-7,10-11,17H,8-9H2,1-4H3,(H,18,19)/t11-/m1/s1. The third-order valence-electron chi connectivity index (χ3n) is 2.59. The predicted octanol–water partition coefficient (Wildman–Crippen LogP) is 3.62. The van der Waals surface area contributed by atoms with E-state index >= 15 is 0 Å². The molecule has 5 heteroatoms. The van der Waals surface area contributed by atoms with E-state index in [1.165, 1.54) is 5.56 Å². The summed E-state index contributed by atoms with van der Waals surface area (Å²) >= 11 is 3.46. The molecule has 0 bridgehead atoms. The van der Waals surface area contributed by atoms with Crippen molar-refractivity contribution >= 4 is 22.0 Å². The molecule has 0 radical (unpaired) electrons. The average Bonchev–Trinajstić information content (AvgIpc) is 2.32. The monoisotopic (exact) mass is 342 g/mol. The summed E-state index contributed by atoms with van der Waals surface area (Å²) in [7, 11) is 0. The van der Waals surface area contributed by atoms with Crippen LogP contribution in [0.1, 0.15) is 39.3 Å². The quantitative estimate of drug-likeness (QED) is 0.803. The van der Waals surface area contributed by atoms with Crippen LogP contribution in [0.2, 0.25) is 0 Å². The zero-order valence-corrected chi connectivity index (χ0v) is 14.1. The second-order valence-electron chi connectivity index (χ2n) is 5.66. The summed E-state index contributed by atoms with van der Waals surface area (Å²) in [6, 6.07) is 8.40. The van der Waals surface area contributed by atoms with E-state index in [9.17, 15) is 4.79 Å². The molecule has 20 heavy (non-hydrogen) atoms. The normalized spacial score (nSPS) is 12.8. The Hall–Kier alpha value is -1.07. The maximum atomic E-state index is 11.5. The number of alkyl carbamates (subject to hydrolysis) is 1. The first-order valence-electron chi connectivity index (χ1n) is 6.73. The molecule has 0 aliphatic rings. The van der Waals surface area contributed by atoms with Gasteiger partial charge in [-0.1, -0.05) is 28.1 Å². The molecule has 0 unspecified atom stereocenters. The van der Waals surface area contributed by atoms with Gasteiger partial charge < -0.3 is 15.4 Å². The summed E-state index contributed by atoms with van der Waals surface area (Å²) < 4.78 is 6.23. The zero-order valence-electron chi connectivity index (χ0n) is 12.5. The summed E-state index contributed by atoms with van der Waals surface area (Å²) in [5, 5.41) is 6.08. The second kappa shape index (κ2) is 7.64. The maximum absolute atomic E-state index is 11.5. The Morgan fingerprint density at radius 3 is 2.65 bits per heavy atom. The lowest BCUT2D eigenvalue weighted by molar-refractivity contribution is 0.0528. The lowest BCUT2D eigenvalue weighted by Crippen LogP contribution is -2.36. The van der Waals surface area contributed by atoms with Crippen molar-refractivity contribution in [3.8, 4) is 0 Å². The summed E-state index contributed by atoms with van der Waals surface area (Å²) in [5.74, 6) is 0. The van der Waals surface area contributed by atoms with Crippen molar-refractivity contribution in [1.82, 2.24) is 10.6 Å². The molecule has 0 aliphatic heterocycles. The Kier molecular flexibility index (Phi) is 6.49. The molecule has 0 aromatic heterocycles. The molecule has 4 nitrogen and oxygen atoms in total. The van der Waals surface area contributed by atoms with E-state index in [4.69, 9.17) is 4.74 Å². The number of carbonyl (C=O) groups excluding carboxylic acids is 1. The van der Waals surface area contributed by atoms with Crippen LogP contribution >= 0.6 is 15.9 Å². The number of carbonyl (C=O) groups is 1. The highest BCUT2D eigenvalue weighted by atomic mass is 79.9. The number of rotatable bonds is 5. The van der Waals surface area contributed by atoms with E-state index in [0.717, 1.165) is 4.47 Å². The highest BCUT2D eigenvalue weighted by Gasteiger charge is 2.15. The minimum absolute atomic E-state index is 0.230. The summed E-state index contributed by atoms with van der Waals surface area (Å²) in [4.78, 5) is 11.5. The van der Waals surface area contributed by atoms with E-state index < -0.39 is 5.60 Å². The van der Waals surface area contributed by atoms with Gasteiger partial charge in [0.1, 0.15) is 5.60 Å². The Morgan fingerprint density at radius 1 is 1.35 bits per heavy atom. The number of ether oxygens (including phenoxy) is 1. The first-order valence-corrected chi connectivity index (χ1v) is 7.53. The van der Waals surface area contributed by atoms with Crippen LogP contribution in [0, 0.1) is 0 Å². The van der Waals surface area contributed by atoms with Crippen molar-refractivity contribution in [2.45, 2.75) is 39.3 Å². The largest absolute Gasteiger partial charge is 0.444 e. The molecule has 2 N–H and O–H groups in total. The molecule has 0 heterocycles. The fourth-order valence-corrected chi connectivity index (χ4v) is 2.08. The third kappa shape index (κ3) is 6.91. The topological polar surface area (TPSA) is 50.4 Å². The van der Waals surface area contributed by atoms with Gasteiger partial charge in [0, 0.05) is 23.6 Å². The molecule has 0 saturated carbocycles. The zero-order chi connectivity index (χ0) is 15.2. The molecule has 0 aliphatic carbocycles. The van der Waals surface area contributed by atoms with E-state index in [1.54, 1.807) is 0 Å². The highest BCUT2D eigenvalue weighted by Crippen LogP contribution is 2.17. The van der Waals surface area contributed by atoms with Crippen LogP contribution in [0.15, 0.2) is 28.7 Å². The Labute approximate surface area is 129 Å². The van der Waals surface area contributed by atoms with E-state index in [-0.39, 0.29) is 12.1 Å². The van der Waals surface area contributed by atoms with Gasteiger partial charge in [0.2, 0.25) is 0 Å². The van der Waals surface area contributed by atoms with Gasteiger partial charge in [-0.2, -0.15) is 0 Å². The summed E-state index contributed by atoms with van der Waals surface area (Å²) in [5.41, 5.74) is 0.748. The molecule has 112 valence electrons. The van der Waals surface area contributed by atoms with Gasteiger partial charge in [-0.25, -0.2) is 4.79 Å². The van der Waals surface area contributed by atoms with Crippen LogP contribution in [0.3, 0.4) is 0 Å². The van der Waals surface area contributed by atoms with Crippen molar-refractivity contribution in [3.05, 3.63) is 34.3 Å². The fraction of sp³-hybridized carbons (Fsp3) is 0.533. The van der Waals surface area contributed by atoms with Crippen LogP contribution in [0.25, 0.3) is 0 Å². The molecule has 0 saturated heterocycles. The highest BCUT2D eigenvalue weighted by molar-refractivity contribution is 9.10. The first-order chi connectivity index (χ1) is 9.28. The molecular weight excluding hydrogens is 320 g/mol. The molecule has 1 amide bonds. The molecule has 0 fully saturated rings. The van der Waals surface area contributed by atoms with Gasteiger partial charge >= 0.3 is 6.09 Å². The van der Waals surface area contributed by atoms with Gasteiger partial charge in [0.05, 0.1) is 0 Å². The third-order valence-corrected chi connectivity index (χ3v) is 3.09. The van der Waals surface area contributed by atoms with Crippen molar-refractivity contribution in [1.29, 1.82) is 0 Å². The van der Waals surface area contributed by atoms with Gasteiger partial charge in [-0.3, -0.25) is 0 Å². The Bertz CT molecular complexity index is 444. The number of halogens is 1. The molecule has 1 atom stereocenters. The predicted molar refractivity (Wildman–Crippen MR) is 84.8 cm³/mol. The Balaban J connectivity index is 2.26. The lowest BCUT2D eigenvalue weighted by Gasteiger charge is -2.20. The Morgan fingerprint density at radius 2 is 2.05 bits per heavy atom. The number of benzene rings is 1.